The number of carbonyl (C=O) groups is 2. The number of likely N-dealkylation sites (N-methyl/N-ethyl adjacent to an activating group) is 1. The molecule has 2 amide bonds. The number of nitrogens with zero attached hydrogens (tertiary/aromatic N) is 2. The topological polar surface area (TPSA) is 105 Å². The number of piperidine rings is 1. The van der Waals surface area contributed by atoms with Crippen molar-refractivity contribution in [2.45, 2.75) is 125 Å². The largest absolute Gasteiger partial charge is 0.490 e. The molecule has 3 aromatic carbocycles. The summed E-state index contributed by atoms with van der Waals surface area (Å²) in [5.41, 5.74) is -2.89. The third-order valence-electron chi connectivity index (χ3n) is 10.3. The monoisotopic (exact) mass is 765 g/mol. The predicted molar refractivity (Wildman–Crippen MR) is 187 cm³/mol. The number of fused-ring (bicyclic) bond motifs is 3. The molecule has 2 aliphatic heterocycles. The van der Waals surface area contributed by atoms with Crippen molar-refractivity contribution < 1.29 is 49.4 Å². The van der Waals surface area contributed by atoms with Crippen molar-refractivity contribution >= 4 is 32.8 Å². The van der Waals surface area contributed by atoms with Gasteiger partial charge in [-0.1, -0.05) is 24.3 Å². The molecule has 1 aliphatic carbocycles. The first-order chi connectivity index (χ1) is 24.7. The number of hydrogen-bond acceptors (Lipinski definition) is 6. The Bertz CT molecular complexity index is 1930. The van der Waals surface area contributed by atoms with E-state index in [1.807, 2.05) is 0 Å². The highest BCUT2D eigenvalue weighted by Crippen LogP contribution is 2.43. The molecule has 3 aromatic rings. The van der Waals surface area contributed by atoms with Crippen LogP contribution in [0.25, 0.3) is 10.8 Å². The van der Waals surface area contributed by atoms with Gasteiger partial charge < -0.3 is 19.7 Å². The van der Waals surface area contributed by atoms with E-state index in [1.54, 1.807) is 39.0 Å². The van der Waals surface area contributed by atoms with Crippen molar-refractivity contribution in [3.8, 4) is 5.75 Å². The highest BCUT2D eigenvalue weighted by Gasteiger charge is 2.56. The molecule has 0 aromatic heterocycles. The predicted octanol–water partition coefficient (Wildman–Crippen LogP) is 8.01. The fourth-order valence-corrected chi connectivity index (χ4v) is 9.14. The molecule has 288 valence electrons. The molecule has 0 radical (unpaired) electrons. The maximum atomic E-state index is 16.8. The normalized spacial score (nSPS) is 21.9. The van der Waals surface area contributed by atoms with Gasteiger partial charge in [-0.2, -0.15) is 26.3 Å². The Morgan fingerprint density at radius 1 is 0.830 bits per heavy atom. The van der Waals surface area contributed by atoms with Crippen molar-refractivity contribution in [2.75, 3.05) is 7.05 Å². The van der Waals surface area contributed by atoms with Crippen LogP contribution in [-0.4, -0.2) is 72.5 Å². The molecule has 0 spiro atoms. The number of rotatable bonds is 9. The van der Waals surface area contributed by atoms with Crippen LogP contribution < -0.4 is 10.1 Å². The molecule has 2 bridgehead atoms. The standard InChI is InChI=1S/C38H44F5N3O6S/c1-36(2,3)52-35(48)44-27-21-28-15-16-29(22-27)46(28)34(47)33(37(39,40)25-11-13-26(14-12-25)38(41,42)43)45(4)53(49,50)32-18-10-23-19-31(17-9-24(23)20-32)51-30-7-5-6-8-30/h9-14,17-20,27-30,33H,5-8,15-16,21-22H2,1-4H3,(H,44,48). The molecule has 15 heteroatoms. The van der Waals surface area contributed by atoms with E-state index in [1.165, 1.54) is 23.1 Å². The summed E-state index contributed by atoms with van der Waals surface area (Å²) >= 11 is 0. The number of ether oxygens (including phenoxy) is 2. The first-order valence-corrected chi connectivity index (χ1v) is 19.2. The molecule has 1 N–H and O–H groups in total. The molecular formula is C38H44F5N3O6S. The van der Waals surface area contributed by atoms with Crippen LogP contribution in [0.5, 0.6) is 5.75 Å². The van der Waals surface area contributed by atoms with Crippen LogP contribution in [-0.2, 0) is 31.7 Å². The summed E-state index contributed by atoms with van der Waals surface area (Å²) in [5, 5.41) is 3.94. The SMILES string of the molecule is CN(C(C(=O)N1C2CCC1CC(NC(=O)OC(C)(C)C)C2)C(F)(F)c1ccc(C(F)(F)F)cc1)S(=O)(=O)c1ccc2cc(OC3CCCC3)ccc2c1. The van der Waals surface area contributed by atoms with Crippen molar-refractivity contribution in [3.63, 3.8) is 0 Å². The van der Waals surface area contributed by atoms with Crippen molar-refractivity contribution in [3.05, 3.63) is 71.8 Å². The number of benzene rings is 3. The molecule has 3 unspecified atom stereocenters. The summed E-state index contributed by atoms with van der Waals surface area (Å²) < 4.78 is 114. The summed E-state index contributed by atoms with van der Waals surface area (Å²) in [5.74, 6) is -4.82. The molecule has 53 heavy (non-hydrogen) atoms. The molecule has 9 nitrogen and oxygen atoms in total. The number of hydrogen-bond donors (Lipinski definition) is 1. The Kier molecular flexibility index (Phi) is 10.5. The van der Waals surface area contributed by atoms with Gasteiger partial charge in [-0.3, -0.25) is 4.79 Å². The zero-order valence-electron chi connectivity index (χ0n) is 30.0. The smallest absolute Gasteiger partial charge is 0.416 e. The van der Waals surface area contributed by atoms with E-state index in [-0.39, 0.29) is 23.8 Å². The van der Waals surface area contributed by atoms with Gasteiger partial charge in [0.25, 0.3) is 5.92 Å². The number of alkyl halides is 5. The van der Waals surface area contributed by atoms with Crippen LogP contribution in [0.4, 0.5) is 26.7 Å². The Balaban J connectivity index is 1.31. The van der Waals surface area contributed by atoms with Gasteiger partial charge >= 0.3 is 12.3 Å². The van der Waals surface area contributed by atoms with Gasteiger partial charge in [0.15, 0.2) is 6.04 Å². The maximum absolute atomic E-state index is 16.8. The first kappa shape index (κ1) is 38.7. The molecular weight excluding hydrogens is 721 g/mol. The summed E-state index contributed by atoms with van der Waals surface area (Å²) in [7, 11) is -3.92. The van der Waals surface area contributed by atoms with E-state index in [9.17, 15) is 31.2 Å². The summed E-state index contributed by atoms with van der Waals surface area (Å²) in [6.45, 7) is 5.12. The van der Waals surface area contributed by atoms with Gasteiger partial charge in [-0.15, -0.1) is 0 Å². The van der Waals surface area contributed by atoms with Crippen molar-refractivity contribution in [2.24, 2.45) is 0 Å². The van der Waals surface area contributed by atoms with Crippen molar-refractivity contribution in [1.29, 1.82) is 0 Å². The highest BCUT2D eigenvalue weighted by molar-refractivity contribution is 7.89. The lowest BCUT2D eigenvalue weighted by atomic mass is 9.93. The van der Waals surface area contributed by atoms with Crippen LogP contribution in [0.1, 0.15) is 83.3 Å². The zero-order chi connectivity index (χ0) is 38.5. The third kappa shape index (κ3) is 8.25. The Morgan fingerprint density at radius 3 is 1.98 bits per heavy atom. The second-order valence-corrected chi connectivity index (χ2v) is 17.3. The van der Waals surface area contributed by atoms with Crippen LogP contribution in [0.2, 0.25) is 0 Å². The lowest BCUT2D eigenvalue weighted by Gasteiger charge is -2.43. The second kappa shape index (κ2) is 14.3. The van der Waals surface area contributed by atoms with Gasteiger partial charge in [0.1, 0.15) is 11.4 Å². The van der Waals surface area contributed by atoms with E-state index in [4.69, 9.17) is 9.47 Å². The quantitative estimate of drug-likeness (QED) is 0.222. The van der Waals surface area contributed by atoms with Gasteiger partial charge in [-0.05, 0) is 119 Å². The lowest BCUT2D eigenvalue weighted by Crippen LogP contribution is -2.61. The fourth-order valence-electron chi connectivity index (χ4n) is 7.79. The first-order valence-electron chi connectivity index (χ1n) is 17.8. The Labute approximate surface area is 305 Å². The highest BCUT2D eigenvalue weighted by atomic mass is 32.2. The minimum Gasteiger partial charge on any atom is -0.490 e. The minimum atomic E-state index is -4.81. The number of nitrogens with one attached hydrogen (secondary N) is 1. The fraction of sp³-hybridized carbons (Fsp3) is 0.526. The third-order valence-corrected chi connectivity index (χ3v) is 12.1. The summed E-state index contributed by atoms with van der Waals surface area (Å²) in [6.07, 6.45) is -0.0260. The lowest BCUT2D eigenvalue weighted by molar-refractivity contribution is -0.155. The van der Waals surface area contributed by atoms with Gasteiger partial charge in [0, 0.05) is 30.7 Å². The minimum absolute atomic E-state index is 0.101. The van der Waals surface area contributed by atoms with Crippen LogP contribution in [0.15, 0.2) is 65.6 Å². The van der Waals surface area contributed by atoms with Crippen LogP contribution in [0, 0.1) is 0 Å². The Morgan fingerprint density at radius 2 is 1.40 bits per heavy atom. The molecule has 3 atom stereocenters. The maximum Gasteiger partial charge on any atom is 0.416 e. The van der Waals surface area contributed by atoms with Gasteiger partial charge in [0.05, 0.1) is 16.6 Å². The summed E-state index contributed by atoms with van der Waals surface area (Å²) in [4.78, 5) is 27.9. The summed E-state index contributed by atoms with van der Waals surface area (Å²) in [6, 6.07) is 7.08. The van der Waals surface area contributed by atoms with E-state index in [0.29, 0.717) is 57.9 Å². The van der Waals surface area contributed by atoms with Gasteiger partial charge in [0.2, 0.25) is 15.9 Å². The molecule has 3 aliphatic rings. The molecule has 1 saturated carbocycles. The average Bonchev–Trinajstić information content (AvgIpc) is 3.68. The second-order valence-electron chi connectivity index (χ2n) is 15.3. The van der Waals surface area contributed by atoms with Crippen LogP contribution >= 0.6 is 0 Å². The number of amides is 2. The number of halogens is 5. The van der Waals surface area contributed by atoms with Crippen LogP contribution in [0.3, 0.4) is 0 Å². The molecule has 6 rings (SSSR count). The van der Waals surface area contributed by atoms with E-state index in [2.05, 4.69) is 5.32 Å². The number of sulfonamides is 1. The zero-order valence-corrected chi connectivity index (χ0v) is 30.8. The Hall–Kier alpha value is -3.98. The van der Waals surface area contributed by atoms with Gasteiger partial charge in [-0.25, -0.2) is 13.2 Å². The molecule has 3 fully saturated rings. The molecule has 2 heterocycles. The van der Waals surface area contributed by atoms with Crippen molar-refractivity contribution in [1.82, 2.24) is 14.5 Å². The number of carbonyl (C=O) groups excluding carboxylic acids is 2. The van der Waals surface area contributed by atoms with E-state index in [0.717, 1.165) is 32.7 Å². The molecule has 2 saturated heterocycles. The number of alkyl carbamates (subject to hydrolysis) is 1. The average molecular weight is 766 g/mol. The van der Waals surface area contributed by atoms with E-state index < -0.39 is 75.0 Å². The van der Waals surface area contributed by atoms with E-state index >= 15 is 8.78 Å².